The summed E-state index contributed by atoms with van der Waals surface area (Å²) < 4.78 is 10.7. The maximum atomic E-state index is 5.53. The first-order valence-corrected chi connectivity index (χ1v) is 7.81. The molecule has 0 atom stereocenters. The molecule has 0 fully saturated rings. The van der Waals surface area contributed by atoms with Gasteiger partial charge in [0.05, 0.1) is 6.26 Å². The lowest BCUT2D eigenvalue weighted by Gasteiger charge is -2.21. The Morgan fingerprint density at radius 3 is 2.64 bits per heavy atom. The average Bonchev–Trinajstić information content (AvgIpc) is 2.97. The van der Waals surface area contributed by atoms with Gasteiger partial charge in [-0.05, 0) is 39.3 Å². The number of hydrogen-bond donors (Lipinski definition) is 3. The Balaban J connectivity index is 1.99. The van der Waals surface area contributed by atoms with Gasteiger partial charge in [0.2, 0.25) is 0 Å². The predicted molar refractivity (Wildman–Crippen MR) is 90.1 cm³/mol. The Bertz CT molecular complexity index is 410. The van der Waals surface area contributed by atoms with Crippen molar-refractivity contribution in [3.8, 4) is 0 Å². The summed E-state index contributed by atoms with van der Waals surface area (Å²) in [5, 5.41) is 9.97. The quantitative estimate of drug-likeness (QED) is 0.368. The summed E-state index contributed by atoms with van der Waals surface area (Å²) in [6, 6.07) is 3.78. The number of rotatable bonds is 9. The molecular weight excluding hydrogens is 280 g/mol. The van der Waals surface area contributed by atoms with E-state index >= 15 is 0 Å². The molecule has 3 N–H and O–H groups in total. The van der Waals surface area contributed by atoms with Gasteiger partial charge in [0.25, 0.3) is 0 Å². The van der Waals surface area contributed by atoms with Crippen molar-refractivity contribution < 1.29 is 9.15 Å². The molecule has 0 aliphatic heterocycles. The molecule has 0 amide bonds. The third kappa shape index (κ3) is 9.41. The molecule has 0 bridgehead atoms. The van der Waals surface area contributed by atoms with Crippen molar-refractivity contribution in [1.82, 2.24) is 16.0 Å². The predicted octanol–water partition coefficient (Wildman–Crippen LogP) is 1.74. The van der Waals surface area contributed by atoms with Crippen molar-refractivity contribution in [3.05, 3.63) is 24.2 Å². The molecule has 1 aromatic heterocycles. The van der Waals surface area contributed by atoms with Crippen LogP contribution >= 0.6 is 0 Å². The highest BCUT2D eigenvalue weighted by molar-refractivity contribution is 5.79. The lowest BCUT2D eigenvalue weighted by atomic mass is 10.1. The van der Waals surface area contributed by atoms with Crippen LogP contribution in [0.3, 0.4) is 0 Å². The Hall–Kier alpha value is -1.53. The summed E-state index contributed by atoms with van der Waals surface area (Å²) in [6.45, 7) is 10.2. The second-order valence-electron chi connectivity index (χ2n) is 6.09. The molecule has 1 rings (SSSR count). The zero-order valence-corrected chi connectivity index (χ0v) is 14.2. The van der Waals surface area contributed by atoms with Gasteiger partial charge in [0, 0.05) is 38.8 Å². The second-order valence-corrected chi connectivity index (χ2v) is 6.09. The van der Waals surface area contributed by atoms with Gasteiger partial charge in [0.15, 0.2) is 5.96 Å². The highest BCUT2D eigenvalue weighted by Gasteiger charge is 2.07. The maximum Gasteiger partial charge on any atom is 0.191 e. The van der Waals surface area contributed by atoms with E-state index in [1.165, 1.54) is 0 Å². The lowest BCUT2D eigenvalue weighted by Crippen LogP contribution is -2.44. The zero-order chi connectivity index (χ0) is 16.3. The van der Waals surface area contributed by atoms with Gasteiger partial charge in [-0.15, -0.1) is 0 Å². The first-order chi connectivity index (χ1) is 10.5. The van der Waals surface area contributed by atoms with Crippen LogP contribution in [0.5, 0.6) is 0 Å². The third-order valence-electron chi connectivity index (χ3n) is 2.88. The largest absolute Gasteiger partial charge is 0.467 e. The molecule has 1 aromatic rings. The summed E-state index contributed by atoms with van der Waals surface area (Å²) in [5.74, 6) is 1.68. The van der Waals surface area contributed by atoms with E-state index in [1.54, 1.807) is 13.3 Å². The van der Waals surface area contributed by atoms with Gasteiger partial charge in [0.1, 0.15) is 12.4 Å². The standard InChI is InChI=1S/C16H30N4O2/c1-16(2,3)20-10-9-19-15(17-4)18-8-6-11-21-13-14-7-5-12-22-14/h5,7,12,20H,6,8-11,13H2,1-4H3,(H2,17,18,19). The van der Waals surface area contributed by atoms with Gasteiger partial charge in [-0.2, -0.15) is 0 Å². The number of nitrogens with one attached hydrogen (secondary N) is 3. The molecular formula is C16H30N4O2. The lowest BCUT2D eigenvalue weighted by molar-refractivity contribution is 0.105. The van der Waals surface area contributed by atoms with Gasteiger partial charge in [-0.25, -0.2) is 0 Å². The summed E-state index contributed by atoms with van der Waals surface area (Å²) in [6.07, 6.45) is 2.58. The van der Waals surface area contributed by atoms with E-state index in [0.717, 1.165) is 37.8 Å². The highest BCUT2D eigenvalue weighted by Crippen LogP contribution is 2.01. The summed E-state index contributed by atoms with van der Waals surface area (Å²) >= 11 is 0. The number of hydrogen-bond acceptors (Lipinski definition) is 4. The second kappa shape index (κ2) is 10.2. The van der Waals surface area contributed by atoms with Crippen molar-refractivity contribution in [1.29, 1.82) is 0 Å². The number of furan rings is 1. The van der Waals surface area contributed by atoms with Gasteiger partial charge in [-0.1, -0.05) is 0 Å². The average molecular weight is 310 g/mol. The van der Waals surface area contributed by atoms with Crippen LogP contribution in [-0.4, -0.2) is 44.8 Å². The van der Waals surface area contributed by atoms with Crippen LogP contribution in [0.1, 0.15) is 33.0 Å². The minimum absolute atomic E-state index is 0.143. The van der Waals surface area contributed by atoms with Crippen LogP contribution in [0.25, 0.3) is 0 Å². The van der Waals surface area contributed by atoms with E-state index in [2.05, 4.69) is 41.7 Å². The molecule has 1 heterocycles. The molecule has 0 saturated carbocycles. The Morgan fingerprint density at radius 2 is 2.00 bits per heavy atom. The van der Waals surface area contributed by atoms with Crippen molar-refractivity contribution in [2.45, 2.75) is 39.3 Å². The van der Waals surface area contributed by atoms with E-state index in [9.17, 15) is 0 Å². The molecule has 0 aromatic carbocycles. The molecule has 0 unspecified atom stereocenters. The summed E-state index contributed by atoms with van der Waals surface area (Å²) in [5.41, 5.74) is 0.143. The maximum absolute atomic E-state index is 5.53. The van der Waals surface area contributed by atoms with Crippen LogP contribution < -0.4 is 16.0 Å². The Morgan fingerprint density at radius 1 is 1.23 bits per heavy atom. The third-order valence-corrected chi connectivity index (χ3v) is 2.88. The topological polar surface area (TPSA) is 70.8 Å². The first-order valence-electron chi connectivity index (χ1n) is 7.81. The fourth-order valence-corrected chi connectivity index (χ4v) is 1.79. The highest BCUT2D eigenvalue weighted by atomic mass is 16.5. The van der Waals surface area contributed by atoms with E-state index in [1.807, 2.05) is 12.1 Å². The summed E-state index contributed by atoms with van der Waals surface area (Å²) in [7, 11) is 1.78. The number of ether oxygens (including phenoxy) is 1. The Labute approximate surface area is 133 Å². The van der Waals surface area contributed by atoms with Crippen LogP contribution in [0, 0.1) is 0 Å². The molecule has 6 nitrogen and oxygen atoms in total. The Kier molecular flexibility index (Phi) is 8.62. The fraction of sp³-hybridized carbons (Fsp3) is 0.688. The first kappa shape index (κ1) is 18.5. The SMILES string of the molecule is CN=C(NCCCOCc1ccco1)NCCNC(C)(C)C. The molecule has 126 valence electrons. The number of guanidine groups is 1. The van der Waals surface area contributed by atoms with Crippen LogP contribution in [-0.2, 0) is 11.3 Å². The molecule has 0 aliphatic carbocycles. The van der Waals surface area contributed by atoms with Crippen molar-refractivity contribution in [2.24, 2.45) is 4.99 Å². The minimum atomic E-state index is 0.143. The van der Waals surface area contributed by atoms with E-state index in [0.29, 0.717) is 13.2 Å². The van der Waals surface area contributed by atoms with Gasteiger partial charge in [-0.3, -0.25) is 4.99 Å². The fourth-order valence-electron chi connectivity index (χ4n) is 1.79. The van der Waals surface area contributed by atoms with Crippen LogP contribution in [0.15, 0.2) is 27.8 Å². The molecule has 0 radical (unpaired) electrons. The van der Waals surface area contributed by atoms with E-state index in [4.69, 9.17) is 9.15 Å². The van der Waals surface area contributed by atoms with Gasteiger partial charge < -0.3 is 25.1 Å². The normalized spacial score (nSPS) is 12.5. The van der Waals surface area contributed by atoms with Crippen LogP contribution in [0.4, 0.5) is 0 Å². The molecule has 0 saturated heterocycles. The van der Waals surface area contributed by atoms with Crippen molar-refractivity contribution in [3.63, 3.8) is 0 Å². The monoisotopic (exact) mass is 310 g/mol. The molecule has 0 spiro atoms. The minimum Gasteiger partial charge on any atom is -0.467 e. The van der Waals surface area contributed by atoms with Crippen molar-refractivity contribution in [2.75, 3.05) is 33.3 Å². The van der Waals surface area contributed by atoms with Gasteiger partial charge >= 0.3 is 0 Å². The smallest absolute Gasteiger partial charge is 0.191 e. The van der Waals surface area contributed by atoms with Crippen molar-refractivity contribution >= 4 is 5.96 Å². The van der Waals surface area contributed by atoms with Crippen LogP contribution in [0.2, 0.25) is 0 Å². The number of nitrogens with zero attached hydrogens (tertiary/aromatic N) is 1. The summed E-state index contributed by atoms with van der Waals surface area (Å²) in [4.78, 5) is 4.19. The van der Waals surface area contributed by atoms with E-state index < -0.39 is 0 Å². The number of aliphatic imine (C=N–C) groups is 1. The molecule has 6 heteroatoms. The molecule has 22 heavy (non-hydrogen) atoms. The van der Waals surface area contributed by atoms with E-state index in [-0.39, 0.29) is 5.54 Å². The zero-order valence-electron chi connectivity index (χ0n) is 14.2. The molecule has 0 aliphatic rings.